The Morgan fingerprint density at radius 1 is 1.40 bits per heavy atom. The fourth-order valence-corrected chi connectivity index (χ4v) is 4.02. The van der Waals surface area contributed by atoms with E-state index >= 15 is 0 Å². The van der Waals surface area contributed by atoms with Gasteiger partial charge in [0.2, 0.25) is 0 Å². The lowest BCUT2D eigenvalue weighted by Crippen LogP contribution is -2.12. The highest BCUT2D eigenvalue weighted by Crippen LogP contribution is 2.29. The van der Waals surface area contributed by atoms with Crippen molar-refractivity contribution in [1.29, 1.82) is 0 Å². The van der Waals surface area contributed by atoms with Crippen LogP contribution >= 0.6 is 11.3 Å². The van der Waals surface area contributed by atoms with Gasteiger partial charge in [-0.25, -0.2) is 8.42 Å². The first-order valence-electron chi connectivity index (χ1n) is 4.60. The number of rotatable bonds is 2. The van der Waals surface area contributed by atoms with Crippen LogP contribution in [0.15, 0.2) is 28.6 Å². The summed E-state index contributed by atoms with van der Waals surface area (Å²) in [6.07, 6.45) is 1.67. The molecule has 5 heteroatoms. The Morgan fingerprint density at radius 2 is 2.13 bits per heavy atom. The molecule has 0 atom stereocenters. The van der Waals surface area contributed by atoms with Gasteiger partial charge in [-0.3, -0.25) is 4.98 Å². The van der Waals surface area contributed by atoms with Crippen molar-refractivity contribution in [2.75, 3.05) is 0 Å². The molecule has 0 aliphatic heterocycles. The topological polar surface area (TPSA) is 47.0 Å². The van der Waals surface area contributed by atoms with Gasteiger partial charge in [0.25, 0.3) is 0 Å². The normalized spacial score (nSPS) is 12.5. The third kappa shape index (κ3) is 1.77. The summed E-state index contributed by atoms with van der Waals surface area (Å²) in [6, 6.07) is 5.34. The van der Waals surface area contributed by atoms with Gasteiger partial charge in [-0.05, 0) is 32.0 Å². The average Bonchev–Trinajstić information content (AvgIpc) is 2.61. The first-order valence-corrected chi connectivity index (χ1v) is 6.96. The second kappa shape index (κ2) is 3.57. The minimum absolute atomic E-state index is 0.384. The summed E-state index contributed by atoms with van der Waals surface area (Å²) >= 11 is 1.28. The Balaban J connectivity index is 2.64. The Morgan fingerprint density at radius 3 is 2.73 bits per heavy atom. The first kappa shape index (κ1) is 10.6. The molecule has 80 valence electrons. The Kier molecular flexibility index (Phi) is 2.52. The summed E-state index contributed by atoms with van der Waals surface area (Å²) < 4.78 is 25.1. The van der Waals surface area contributed by atoms with E-state index in [9.17, 15) is 8.42 Å². The second-order valence-electron chi connectivity index (χ2n) is 3.55. The SMILES string of the molecule is CC(C)S(=O)(=O)c1cc2ncccc2s1. The molecule has 0 aliphatic rings. The van der Waals surface area contributed by atoms with E-state index in [0.717, 1.165) is 10.2 Å². The van der Waals surface area contributed by atoms with Crippen LogP contribution in [0.25, 0.3) is 10.2 Å². The molecule has 0 saturated heterocycles. The van der Waals surface area contributed by atoms with Gasteiger partial charge in [0.05, 0.1) is 15.5 Å². The molecule has 0 radical (unpaired) electrons. The molecule has 0 N–H and O–H groups in total. The molecule has 0 aliphatic carbocycles. The summed E-state index contributed by atoms with van der Waals surface area (Å²) in [5, 5.41) is -0.384. The van der Waals surface area contributed by atoms with Crippen LogP contribution in [0.3, 0.4) is 0 Å². The zero-order chi connectivity index (χ0) is 11.1. The lowest BCUT2D eigenvalue weighted by Gasteiger charge is -2.03. The fourth-order valence-electron chi connectivity index (χ4n) is 1.22. The monoisotopic (exact) mass is 241 g/mol. The molecule has 2 aromatic heterocycles. The molecule has 2 rings (SSSR count). The number of thiophene rings is 1. The van der Waals surface area contributed by atoms with Crippen molar-refractivity contribution < 1.29 is 8.42 Å². The van der Waals surface area contributed by atoms with Gasteiger partial charge < -0.3 is 0 Å². The van der Waals surface area contributed by atoms with Gasteiger partial charge in [-0.2, -0.15) is 0 Å². The zero-order valence-electron chi connectivity index (χ0n) is 8.47. The molecule has 0 fully saturated rings. The molecule has 0 bridgehead atoms. The molecule has 0 amide bonds. The Hall–Kier alpha value is -0.940. The molecular formula is C10H11NO2S2. The minimum Gasteiger partial charge on any atom is -0.255 e. The van der Waals surface area contributed by atoms with Gasteiger partial charge in [-0.15, -0.1) is 11.3 Å². The van der Waals surface area contributed by atoms with E-state index in [1.165, 1.54) is 11.3 Å². The molecule has 0 aromatic carbocycles. The van der Waals surface area contributed by atoms with Crippen molar-refractivity contribution in [3.8, 4) is 0 Å². The van der Waals surface area contributed by atoms with E-state index in [1.807, 2.05) is 12.1 Å². The zero-order valence-corrected chi connectivity index (χ0v) is 10.1. The molecule has 0 spiro atoms. The minimum atomic E-state index is -3.16. The fraction of sp³-hybridized carbons (Fsp3) is 0.300. The van der Waals surface area contributed by atoms with Gasteiger partial charge in [0.15, 0.2) is 9.84 Å². The number of nitrogens with zero attached hydrogens (tertiary/aromatic N) is 1. The summed E-state index contributed by atoms with van der Waals surface area (Å²) in [4.78, 5) is 4.12. The average molecular weight is 241 g/mol. The van der Waals surface area contributed by atoms with Crippen LogP contribution in [0.4, 0.5) is 0 Å². The highest BCUT2D eigenvalue weighted by molar-refractivity contribution is 7.94. The number of hydrogen-bond acceptors (Lipinski definition) is 4. The highest BCUT2D eigenvalue weighted by atomic mass is 32.2. The molecular weight excluding hydrogens is 230 g/mol. The summed E-state index contributed by atoms with van der Waals surface area (Å²) in [7, 11) is -3.16. The third-order valence-electron chi connectivity index (χ3n) is 2.17. The maximum atomic E-state index is 11.9. The van der Waals surface area contributed by atoms with E-state index < -0.39 is 9.84 Å². The van der Waals surface area contributed by atoms with Crippen LogP contribution in [0, 0.1) is 0 Å². The molecule has 3 nitrogen and oxygen atoms in total. The molecule has 0 unspecified atom stereocenters. The predicted octanol–water partition coefficient (Wildman–Crippen LogP) is 2.48. The lowest BCUT2D eigenvalue weighted by molar-refractivity contribution is 0.589. The number of aromatic nitrogens is 1. The number of sulfone groups is 1. The van der Waals surface area contributed by atoms with E-state index in [0.29, 0.717) is 4.21 Å². The number of hydrogen-bond donors (Lipinski definition) is 0. The standard InChI is InChI=1S/C10H11NO2S2/c1-7(2)15(12,13)10-6-8-9(14-10)4-3-5-11-8/h3-7H,1-2H3. The van der Waals surface area contributed by atoms with E-state index in [-0.39, 0.29) is 5.25 Å². The Labute approximate surface area is 92.7 Å². The largest absolute Gasteiger partial charge is 0.255 e. The van der Waals surface area contributed by atoms with Crippen molar-refractivity contribution >= 4 is 31.4 Å². The number of pyridine rings is 1. The van der Waals surface area contributed by atoms with Crippen LogP contribution in [-0.4, -0.2) is 18.7 Å². The predicted molar refractivity (Wildman–Crippen MR) is 61.9 cm³/mol. The maximum absolute atomic E-state index is 11.9. The summed E-state index contributed by atoms with van der Waals surface area (Å²) in [5.74, 6) is 0. The summed E-state index contributed by atoms with van der Waals surface area (Å²) in [5.41, 5.74) is 0.752. The van der Waals surface area contributed by atoms with Crippen LogP contribution in [-0.2, 0) is 9.84 Å². The lowest BCUT2D eigenvalue weighted by atomic mass is 10.4. The van der Waals surface area contributed by atoms with Crippen LogP contribution in [0.1, 0.15) is 13.8 Å². The van der Waals surface area contributed by atoms with Gasteiger partial charge in [0, 0.05) is 6.20 Å². The smallest absolute Gasteiger partial charge is 0.190 e. The molecule has 2 aromatic rings. The van der Waals surface area contributed by atoms with Crippen LogP contribution in [0.2, 0.25) is 0 Å². The molecule has 15 heavy (non-hydrogen) atoms. The third-order valence-corrected chi connectivity index (χ3v) is 5.92. The van der Waals surface area contributed by atoms with Crippen LogP contribution in [0.5, 0.6) is 0 Å². The van der Waals surface area contributed by atoms with Gasteiger partial charge in [-0.1, -0.05) is 0 Å². The highest BCUT2D eigenvalue weighted by Gasteiger charge is 2.21. The second-order valence-corrected chi connectivity index (χ2v) is 7.36. The van der Waals surface area contributed by atoms with Crippen molar-refractivity contribution in [3.05, 3.63) is 24.4 Å². The maximum Gasteiger partial charge on any atom is 0.190 e. The first-order chi connectivity index (χ1) is 7.01. The van der Waals surface area contributed by atoms with Crippen molar-refractivity contribution in [1.82, 2.24) is 4.98 Å². The molecule has 2 heterocycles. The van der Waals surface area contributed by atoms with Crippen molar-refractivity contribution in [2.24, 2.45) is 0 Å². The van der Waals surface area contributed by atoms with E-state index in [1.54, 1.807) is 26.1 Å². The van der Waals surface area contributed by atoms with Gasteiger partial charge >= 0.3 is 0 Å². The number of fused-ring (bicyclic) bond motifs is 1. The van der Waals surface area contributed by atoms with Crippen LogP contribution < -0.4 is 0 Å². The van der Waals surface area contributed by atoms with E-state index in [2.05, 4.69) is 4.98 Å². The quantitative estimate of drug-likeness (QED) is 0.811. The molecule has 0 saturated carbocycles. The van der Waals surface area contributed by atoms with E-state index in [4.69, 9.17) is 0 Å². The van der Waals surface area contributed by atoms with Gasteiger partial charge in [0.1, 0.15) is 4.21 Å². The summed E-state index contributed by atoms with van der Waals surface area (Å²) in [6.45, 7) is 3.38. The Bertz CT molecular complexity index is 551. The van der Waals surface area contributed by atoms with Crippen molar-refractivity contribution in [3.63, 3.8) is 0 Å². The van der Waals surface area contributed by atoms with Crippen molar-refractivity contribution in [2.45, 2.75) is 23.3 Å².